The van der Waals surface area contributed by atoms with Crippen LogP contribution >= 0.6 is 0 Å². The summed E-state index contributed by atoms with van der Waals surface area (Å²) in [6, 6.07) is 5.86. The normalized spacial score (nSPS) is 21.6. The first kappa shape index (κ1) is 18.0. The highest BCUT2D eigenvalue weighted by Gasteiger charge is 2.21. The summed E-state index contributed by atoms with van der Waals surface area (Å²) in [6.45, 7) is 12.0. The minimum absolute atomic E-state index is 0.00358. The molecule has 1 aliphatic rings. The Labute approximate surface area is 149 Å². The zero-order valence-electron chi connectivity index (χ0n) is 15.7. The fraction of sp³-hybridized carbons (Fsp3) is 0.550. The molecule has 0 bridgehead atoms. The molecule has 0 spiro atoms. The molecule has 2 heterocycles. The first-order valence-corrected chi connectivity index (χ1v) is 9.19. The summed E-state index contributed by atoms with van der Waals surface area (Å²) in [6.07, 6.45) is 1.53. The molecule has 3 rings (SSSR count). The molecule has 25 heavy (non-hydrogen) atoms. The van der Waals surface area contributed by atoms with E-state index in [1.807, 2.05) is 18.2 Å². The minimum atomic E-state index is 0.00358. The summed E-state index contributed by atoms with van der Waals surface area (Å²) in [7, 11) is 0. The number of carbonyl (C=O) groups excluding carboxylic acids is 1. The van der Waals surface area contributed by atoms with Crippen molar-refractivity contribution in [2.45, 2.75) is 46.3 Å². The number of fused-ring (bicyclic) bond motifs is 1. The third kappa shape index (κ3) is 4.22. The maximum atomic E-state index is 12.4. The highest BCUT2D eigenvalue weighted by Crippen LogP contribution is 2.22. The van der Waals surface area contributed by atoms with Crippen molar-refractivity contribution < 1.29 is 9.53 Å². The maximum Gasteiger partial charge on any atom is 0.251 e. The third-order valence-corrected chi connectivity index (χ3v) is 5.00. The van der Waals surface area contributed by atoms with E-state index < -0.39 is 0 Å². The molecule has 0 unspecified atom stereocenters. The summed E-state index contributed by atoms with van der Waals surface area (Å²) >= 11 is 0. The van der Waals surface area contributed by atoms with E-state index in [9.17, 15) is 4.79 Å². The molecule has 0 aliphatic carbocycles. The predicted molar refractivity (Wildman–Crippen MR) is 101 cm³/mol. The van der Waals surface area contributed by atoms with Crippen LogP contribution in [-0.2, 0) is 4.74 Å². The van der Waals surface area contributed by atoms with Crippen molar-refractivity contribution in [2.24, 2.45) is 0 Å². The maximum absolute atomic E-state index is 12.4. The number of ether oxygens (including phenoxy) is 1. The molecule has 2 aromatic rings. The minimum Gasteiger partial charge on any atom is -0.373 e. The standard InChI is InChI=1S/C20H29N3O2/c1-13-11-23(12-14(2)25-13)9-5-8-21-20(24)17-6-7-19-18(10-17)15(3)16(4)22-19/h6-7,10,13-14,22H,5,8-9,11-12H2,1-4H3,(H,21,24)/t13-,14-/m1/s1. The van der Waals surface area contributed by atoms with Crippen LogP contribution in [-0.4, -0.2) is 54.2 Å². The second kappa shape index (κ2) is 7.58. The Hall–Kier alpha value is -1.85. The first-order chi connectivity index (χ1) is 11.9. The topological polar surface area (TPSA) is 57.4 Å². The SMILES string of the molecule is Cc1[nH]c2ccc(C(=O)NCCCN3C[C@@H](C)O[C@H](C)C3)cc2c1C. The fourth-order valence-electron chi connectivity index (χ4n) is 3.68. The number of carbonyl (C=O) groups is 1. The Balaban J connectivity index is 1.50. The second-order valence-electron chi connectivity index (χ2n) is 7.26. The van der Waals surface area contributed by atoms with E-state index in [2.05, 4.69) is 42.9 Å². The zero-order valence-corrected chi connectivity index (χ0v) is 15.7. The average molecular weight is 343 g/mol. The molecule has 1 saturated heterocycles. The number of aryl methyl sites for hydroxylation is 2. The van der Waals surface area contributed by atoms with Gasteiger partial charge in [0.2, 0.25) is 0 Å². The fourth-order valence-corrected chi connectivity index (χ4v) is 3.68. The third-order valence-electron chi connectivity index (χ3n) is 5.00. The number of amides is 1. The number of nitrogens with one attached hydrogen (secondary N) is 2. The molecule has 1 fully saturated rings. The number of H-pyrrole nitrogens is 1. The molecular formula is C20H29N3O2. The molecule has 5 nitrogen and oxygen atoms in total. The lowest BCUT2D eigenvalue weighted by Gasteiger charge is -2.35. The van der Waals surface area contributed by atoms with Gasteiger partial charge >= 0.3 is 0 Å². The largest absolute Gasteiger partial charge is 0.373 e. The number of hydrogen-bond acceptors (Lipinski definition) is 3. The lowest BCUT2D eigenvalue weighted by Crippen LogP contribution is -2.46. The van der Waals surface area contributed by atoms with Crippen LogP contribution in [0.3, 0.4) is 0 Å². The van der Waals surface area contributed by atoms with Gasteiger partial charge in [-0.2, -0.15) is 0 Å². The van der Waals surface area contributed by atoms with Gasteiger partial charge < -0.3 is 15.0 Å². The van der Waals surface area contributed by atoms with Crippen molar-refractivity contribution in [1.82, 2.24) is 15.2 Å². The number of nitrogens with zero attached hydrogens (tertiary/aromatic N) is 1. The van der Waals surface area contributed by atoms with Crippen molar-refractivity contribution in [3.63, 3.8) is 0 Å². The number of morpholine rings is 1. The van der Waals surface area contributed by atoms with E-state index in [0.29, 0.717) is 6.54 Å². The van der Waals surface area contributed by atoms with E-state index in [-0.39, 0.29) is 18.1 Å². The van der Waals surface area contributed by atoms with Crippen molar-refractivity contribution in [1.29, 1.82) is 0 Å². The molecule has 5 heteroatoms. The van der Waals surface area contributed by atoms with Crippen molar-refractivity contribution >= 4 is 16.8 Å². The van der Waals surface area contributed by atoms with Gasteiger partial charge in [-0.25, -0.2) is 0 Å². The predicted octanol–water partition coefficient (Wildman–Crippen LogP) is 3.01. The van der Waals surface area contributed by atoms with Crippen LogP contribution in [0.1, 0.15) is 41.9 Å². The zero-order chi connectivity index (χ0) is 18.0. The van der Waals surface area contributed by atoms with E-state index in [0.717, 1.165) is 48.2 Å². The molecule has 2 atom stereocenters. The highest BCUT2D eigenvalue weighted by atomic mass is 16.5. The highest BCUT2D eigenvalue weighted by molar-refractivity contribution is 5.99. The van der Waals surface area contributed by atoms with E-state index in [1.165, 1.54) is 5.56 Å². The van der Waals surface area contributed by atoms with E-state index in [1.54, 1.807) is 0 Å². The lowest BCUT2D eigenvalue weighted by atomic mass is 10.1. The van der Waals surface area contributed by atoms with Gasteiger partial charge in [-0.15, -0.1) is 0 Å². The van der Waals surface area contributed by atoms with Gasteiger partial charge in [-0.3, -0.25) is 9.69 Å². The Morgan fingerprint density at radius 3 is 2.72 bits per heavy atom. The van der Waals surface area contributed by atoms with Gasteiger partial charge in [0.1, 0.15) is 0 Å². The van der Waals surface area contributed by atoms with E-state index >= 15 is 0 Å². The van der Waals surface area contributed by atoms with Crippen molar-refractivity contribution in [3.8, 4) is 0 Å². The van der Waals surface area contributed by atoms with Gasteiger partial charge in [0.05, 0.1) is 12.2 Å². The smallest absolute Gasteiger partial charge is 0.251 e. The lowest BCUT2D eigenvalue weighted by molar-refractivity contribution is -0.0679. The van der Waals surface area contributed by atoms with Crippen LogP contribution in [0.5, 0.6) is 0 Å². The monoisotopic (exact) mass is 343 g/mol. The van der Waals surface area contributed by atoms with E-state index in [4.69, 9.17) is 4.74 Å². The Kier molecular flexibility index (Phi) is 5.45. The summed E-state index contributed by atoms with van der Waals surface area (Å²) in [5, 5.41) is 4.17. The molecule has 0 saturated carbocycles. The second-order valence-corrected chi connectivity index (χ2v) is 7.26. The molecule has 1 aromatic heterocycles. The van der Waals surface area contributed by atoms with Crippen LogP contribution in [0.2, 0.25) is 0 Å². The summed E-state index contributed by atoms with van der Waals surface area (Å²) in [5.74, 6) is 0.00358. The Bertz CT molecular complexity index is 743. The van der Waals surface area contributed by atoms with Gasteiger partial charge in [-0.05, 0) is 57.9 Å². The number of rotatable bonds is 5. The van der Waals surface area contributed by atoms with Crippen LogP contribution in [0.15, 0.2) is 18.2 Å². The summed E-state index contributed by atoms with van der Waals surface area (Å²) < 4.78 is 5.75. The van der Waals surface area contributed by atoms with Gasteiger partial charge in [0.15, 0.2) is 0 Å². The van der Waals surface area contributed by atoms with Gasteiger partial charge in [-0.1, -0.05) is 0 Å². The molecular weight excluding hydrogens is 314 g/mol. The number of aromatic amines is 1. The van der Waals surface area contributed by atoms with Crippen LogP contribution in [0.4, 0.5) is 0 Å². The first-order valence-electron chi connectivity index (χ1n) is 9.19. The molecule has 136 valence electrons. The van der Waals surface area contributed by atoms with Crippen LogP contribution < -0.4 is 5.32 Å². The summed E-state index contributed by atoms with van der Waals surface area (Å²) in [5.41, 5.74) is 4.17. The number of benzene rings is 1. The summed E-state index contributed by atoms with van der Waals surface area (Å²) in [4.78, 5) is 18.2. The van der Waals surface area contributed by atoms with Crippen molar-refractivity contribution in [3.05, 3.63) is 35.0 Å². The molecule has 1 aromatic carbocycles. The quantitative estimate of drug-likeness (QED) is 0.821. The van der Waals surface area contributed by atoms with Crippen LogP contribution in [0, 0.1) is 13.8 Å². The van der Waals surface area contributed by atoms with Gasteiger partial charge in [0.25, 0.3) is 5.91 Å². The molecule has 0 radical (unpaired) electrons. The average Bonchev–Trinajstić information content (AvgIpc) is 2.85. The Morgan fingerprint density at radius 2 is 2.00 bits per heavy atom. The molecule has 1 amide bonds. The molecule has 2 N–H and O–H groups in total. The number of hydrogen-bond donors (Lipinski definition) is 2. The van der Waals surface area contributed by atoms with Crippen molar-refractivity contribution in [2.75, 3.05) is 26.2 Å². The number of aromatic nitrogens is 1. The van der Waals surface area contributed by atoms with Gasteiger partial charge in [0, 0.05) is 48.3 Å². The Morgan fingerprint density at radius 1 is 1.28 bits per heavy atom. The molecule has 1 aliphatic heterocycles. The van der Waals surface area contributed by atoms with Crippen LogP contribution in [0.25, 0.3) is 10.9 Å².